The minimum absolute atomic E-state index is 0.0823. The van der Waals surface area contributed by atoms with Crippen molar-refractivity contribution in [3.8, 4) is 0 Å². The van der Waals surface area contributed by atoms with Crippen LogP contribution < -0.4 is 5.73 Å². The molecule has 3 N–H and O–H groups in total. The van der Waals surface area contributed by atoms with Gasteiger partial charge in [0.1, 0.15) is 0 Å². The molecule has 5 heteroatoms. The molecule has 0 saturated heterocycles. The number of hydrogen-bond donors (Lipinski definition) is 2. The summed E-state index contributed by atoms with van der Waals surface area (Å²) in [5.74, 6) is 0.0823. The zero-order valence-corrected chi connectivity index (χ0v) is 9.31. The number of fused-ring (bicyclic) bond motifs is 1. The Kier molecular flexibility index (Phi) is 3.27. The highest BCUT2D eigenvalue weighted by molar-refractivity contribution is 6.08. The molecule has 1 aromatic carbocycles. The lowest BCUT2D eigenvalue weighted by Gasteiger charge is -2.05. The highest BCUT2D eigenvalue weighted by atomic mass is 19.1. The van der Waals surface area contributed by atoms with E-state index in [1.54, 1.807) is 6.07 Å². The largest absolute Gasteiger partial charge is 0.409 e. The minimum atomic E-state index is -0.334. The summed E-state index contributed by atoms with van der Waals surface area (Å²) in [5.41, 5.74) is 7.25. The quantitative estimate of drug-likeness (QED) is 0.369. The third-order valence-electron chi connectivity index (χ3n) is 2.73. The van der Waals surface area contributed by atoms with Gasteiger partial charge in [-0.2, -0.15) is 0 Å². The van der Waals surface area contributed by atoms with Crippen molar-refractivity contribution in [2.75, 3.05) is 6.67 Å². The summed E-state index contributed by atoms with van der Waals surface area (Å²) in [6, 6.07) is 7.45. The van der Waals surface area contributed by atoms with Crippen LogP contribution in [0.25, 0.3) is 10.9 Å². The number of halogens is 1. The van der Waals surface area contributed by atoms with Crippen LogP contribution in [0.3, 0.4) is 0 Å². The van der Waals surface area contributed by atoms with Crippen LogP contribution in [0.4, 0.5) is 4.39 Å². The van der Waals surface area contributed by atoms with E-state index < -0.39 is 0 Å². The molecule has 0 saturated carbocycles. The number of aryl methyl sites for hydroxylation is 1. The molecule has 0 radical (unpaired) electrons. The van der Waals surface area contributed by atoms with Crippen LogP contribution in [0.1, 0.15) is 12.0 Å². The Hall–Kier alpha value is -2.04. The lowest BCUT2D eigenvalue weighted by Crippen LogP contribution is -2.13. The number of aromatic nitrogens is 1. The standard InChI is InChI=1S/C12H14FN3O/c13-6-2-7-16-8-5-9-10(12(14)15-17)3-1-4-11(9)16/h1,3-5,8,17H,2,6-7H2,(H2,14,15). The third-order valence-corrected chi connectivity index (χ3v) is 2.73. The van der Waals surface area contributed by atoms with Gasteiger partial charge in [-0.1, -0.05) is 17.3 Å². The Morgan fingerprint density at radius 2 is 2.24 bits per heavy atom. The first-order valence-corrected chi connectivity index (χ1v) is 5.39. The van der Waals surface area contributed by atoms with Crippen LogP contribution in [0.5, 0.6) is 0 Å². The maximum absolute atomic E-state index is 12.2. The number of benzene rings is 1. The first-order valence-electron chi connectivity index (χ1n) is 5.39. The Bertz CT molecular complexity index is 548. The molecule has 0 bridgehead atoms. The maximum atomic E-state index is 12.2. The van der Waals surface area contributed by atoms with E-state index in [1.807, 2.05) is 29.0 Å². The molecular formula is C12H14FN3O. The van der Waals surface area contributed by atoms with Gasteiger partial charge in [-0.25, -0.2) is 0 Å². The van der Waals surface area contributed by atoms with E-state index in [1.165, 1.54) is 0 Å². The molecule has 0 atom stereocenters. The number of amidine groups is 1. The highest BCUT2D eigenvalue weighted by Crippen LogP contribution is 2.20. The fraction of sp³-hybridized carbons (Fsp3) is 0.250. The molecule has 2 aromatic rings. The van der Waals surface area contributed by atoms with Gasteiger partial charge in [-0.3, -0.25) is 4.39 Å². The molecule has 0 aliphatic heterocycles. The van der Waals surface area contributed by atoms with Crippen molar-refractivity contribution in [2.45, 2.75) is 13.0 Å². The number of hydrogen-bond acceptors (Lipinski definition) is 2. The summed E-state index contributed by atoms with van der Waals surface area (Å²) < 4.78 is 14.1. The lowest BCUT2D eigenvalue weighted by molar-refractivity contribution is 0.318. The van der Waals surface area contributed by atoms with Gasteiger partial charge in [0.05, 0.1) is 6.67 Å². The Morgan fingerprint density at radius 3 is 2.94 bits per heavy atom. The van der Waals surface area contributed by atoms with Crippen LogP contribution >= 0.6 is 0 Å². The zero-order chi connectivity index (χ0) is 12.3. The van der Waals surface area contributed by atoms with Gasteiger partial charge >= 0.3 is 0 Å². The van der Waals surface area contributed by atoms with Crippen LogP contribution in [0.15, 0.2) is 35.6 Å². The van der Waals surface area contributed by atoms with Crippen molar-refractivity contribution in [1.82, 2.24) is 4.57 Å². The molecule has 90 valence electrons. The summed E-state index contributed by atoms with van der Waals surface area (Å²) >= 11 is 0. The smallest absolute Gasteiger partial charge is 0.170 e. The average molecular weight is 235 g/mol. The maximum Gasteiger partial charge on any atom is 0.170 e. The minimum Gasteiger partial charge on any atom is -0.409 e. The molecule has 0 unspecified atom stereocenters. The third kappa shape index (κ3) is 2.08. The van der Waals surface area contributed by atoms with Crippen molar-refractivity contribution < 1.29 is 9.60 Å². The Morgan fingerprint density at radius 1 is 1.41 bits per heavy atom. The summed E-state index contributed by atoms with van der Waals surface area (Å²) in [5, 5.41) is 12.6. The van der Waals surface area contributed by atoms with E-state index in [2.05, 4.69) is 5.16 Å². The SMILES string of the molecule is N/C(=N/O)c1cccc2c1ccn2CCCF. The topological polar surface area (TPSA) is 63.5 Å². The van der Waals surface area contributed by atoms with Crippen LogP contribution in [-0.2, 0) is 6.54 Å². The molecule has 4 nitrogen and oxygen atoms in total. The van der Waals surface area contributed by atoms with E-state index >= 15 is 0 Å². The fourth-order valence-electron chi connectivity index (χ4n) is 1.93. The normalized spacial score (nSPS) is 12.2. The number of nitrogens with two attached hydrogens (primary N) is 1. The zero-order valence-electron chi connectivity index (χ0n) is 9.31. The molecule has 0 spiro atoms. The van der Waals surface area contributed by atoms with Crippen LogP contribution in [0.2, 0.25) is 0 Å². The van der Waals surface area contributed by atoms with E-state index in [0.717, 1.165) is 10.9 Å². The van der Waals surface area contributed by atoms with E-state index in [0.29, 0.717) is 18.5 Å². The molecule has 1 aromatic heterocycles. The molecular weight excluding hydrogens is 221 g/mol. The van der Waals surface area contributed by atoms with Crippen molar-refractivity contribution in [3.05, 3.63) is 36.0 Å². The van der Waals surface area contributed by atoms with Gasteiger partial charge in [0.15, 0.2) is 5.84 Å². The second kappa shape index (κ2) is 4.86. The van der Waals surface area contributed by atoms with E-state index in [-0.39, 0.29) is 12.5 Å². The number of rotatable bonds is 4. The highest BCUT2D eigenvalue weighted by Gasteiger charge is 2.08. The van der Waals surface area contributed by atoms with Crippen molar-refractivity contribution in [2.24, 2.45) is 10.9 Å². The summed E-state index contributed by atoms with van der Waals surface area (Å²) in [7, 11) is 0. The van der Waals surface area contributed by atoms with Crippen molar-refractivity contribution in [3.63, 3.8) is 0 Å². The monoisotopic (exact) mass is 235 g/mol. The molecule has 0 aliphatic carbocycles. The molecule has 0 fully saturated rings. The second-order valence-electron chi connectivity index (χ2n) is 3.78. The summed E-state index contributed by atoms with van der Waals surface area (Å²) in [4.78, 5) is 0. The number of alkyl halides is 1. The summed E-state index contributed by atoms with van der Waals surface area (Å²) in [6.45, 7) is 0.291. The molecule has 1 heterocycles. The molecule has 0 aliphatic rings. The van der Waals surface area contributed by atoms with Gasteiger partial charge in [-0.15, -0.1) is 0 Å². The van der Waals surface area contributed by atoms with Crippen molar-refractivity contribution in [1.29, 1.82) is 0 Å². The number of nitrogens with zero attached hydrogens (tertiary/aromatic N) is 2. The Labute approximate surface area is 98.1 Å². The molecule has 0 amide bonds. The van der Waals surface area contributed by atoms with Crippen LogP contribution in [0, 0.1) is 0 Å². The fourth-order valence-corrected chi connectivity index (χ4v) is 1.93. The first-order chi connectivity index (χ1) is 8.27. The Balaban J connectivity index is 2.49. The first kappa shape index (κ1) is 11.4. The van der Waals surface area contributed by atoms with Gasteiger partial charge < -0.3 is 15.5 Å². The van der Waals surface area contributed by atoms with Gasteiger partial charge in [0, 0.05) is 29.2 Å². The second-order valence-corrected chi connectivity index (χ2v) is 3.78. The van der Waals surface area contributed by atoms with Crippen molar-refractivity contribution >= 4 is 16.7 Å². The lowest BCUT2D eigenvalue weighted by atomic mass is 10.1. The van der Waals surface area contributed by atoms with E-state index in [4.69, 9.17) is 10.9 Å². The average Bonchev–Trinajstić information content (AvgIpc) is 2.78. The number of oxime groups is 1. The van der Waals surface area contributed by atoms with Crippen LogP contribution in [-0.4, -0.2) is 22.3 Å². The van der Waals surface area contributed by atoms with Gasteiger partial charge in [0.25, 0.3) is 0 Å². The molecule has 2 rings (SSSR count). The predicted molar refractivity (Wildman–Crippen MR) is 65.0 cm³/mol. The summed E-state index contributed by atoms with van der Waals surface area (Å²) in [6.07, 6.45) is 2.37. The van der Waals surface area contributed by atoms with Gasteiger partial charge in [0.2, 0.25) is 0 Å². The predicted octanol–water partition coefficient (Wildman–Crippen LogP) is 2.10. The van der Waals surface area contributed by atoms with Gasteiger partial charge in [-0.05, 0) is 18.6 Å². The van der Waals surface area contributed by atoms with E-state index in [9.17, 15) is 4.39 Å². The molecule has 17 heavy (non-hydrogen) atoms.